The maximum Gasteiger partial charge on any atom is 0.405 e. The highest BCUT2D eigenvalue weighted by molar-refractivity contribution is 5.65. The Kier molecular flexibility index (Phi) is 6.36. The summed E-state index contributed by atoms with van der Waals surface area (Å²) in [5.74, 6) is 0.574. The third-order valence-electron chi connectivity index (χ3n) is 2.92. The largest absolute Gasteiger partial charge is 0.440 e. The number of primary amides is 1. The van der Waals surface area contributed by atoms with Gasteiger partial charge < -0.3 is 10.5 Å². The zero-order chi connectivity index (χ0) is 14.3. The third kappa shape index (κ3) is 5.75. The molecule has 0 spiro atoms. The van der Waals surface area contributed by atoms with Gasteiger partial charge in [0, 0.05) is 13.1 Å². The van der Waals surface area contributed by atoms with E-state index < -0.39 is 6.09 Å². The molecule has 0 aliphatic rings. The first-order chi connectivity index (χ1) is 9.02. The van der Waals surface area contributed by atoms with Crippen LogP contribution in [0.5, 0.6) is 0 Å². The number of nitrogens with zero attached hydrogens (tertiary/aromatic N) is 1. The van der Waals surface area contributed by atoms with E-state index >= 15 is 0 Å². The maximum atomic E-state index is 11.1. The number of hydrogen-bond acceptors (Lipinski definition) is 3. The van der Waals surface area contributed by atoms with Crippen molar-refractivity contribution >= 4 is 6.09 Å². The lowest BCUT2D eigenvalue weighted by Gasteiger charge is -2.27. The molecule has 0 aliphatic carbocycles. The van der Waals surface area contributed by atoms with Gasteiger partial charge in [-0.25, -0.2) is 4.79 Å². The number of carbonyl (C=O) groups is 1. The average molecular weight is 264 g/mol. The first-order valence-electron chi connectivity index (χ1n) is 6.76. The minimum Gasteiger partial charge on any atom is -0.440 e. The van der Waals surface area contributed by atoms with Gasteiger partial charge in [-0.2, -0.15) is 0 Å². The number of benzene rings is 1. The molecule has 4 nitrogen and oxygen atoms in total. The molecule has 0 aliphatic heterocycles. The van der Waals surface area contributed by atoms with E-state index in [9.17, 15) is 4.79 Å². The Labute approximate surface area is 115 Å². The Hall–Kier alpha value is -1.55. The Balaban J connectivity index is 2.76. The van der Waals surface area contributed by atoms with E-state index in [1.807, 2.05) is 30.3 Å². The van der Waals surface area contributed by atoms with Crippen LogP contribution >= 0.6 is 0 Å². The summed E-state index contributed by atoms with van der Waals surface area (Å²) >= 11 is 0. The van der Waals surface area contributed by atoms with Crippen molar-refractivity contribution in [3.63, 3.8) is 0 Å². The van der Waals surface area contributed by atoms with Gasteiger partial charge in [-0.1, -0.05) is 51.1 Å². The molecule has 2 N–H and O–H groups in total. The van der Waals surface area contributed by atoms with E-state index in [0.29, 0.717) is 12.5 Å². The van der Waals surface area contributed by atoms with Crippen LogP contribution in [0.1, 0.15) is 32.4 Å². The van der Waals surface area contributed by atoms with Crippen LogP contribution in [0.4, 0.5) is 4.79 Å². The predicted molar refractivity (Wildman–Crippen MR) is 76.8 cm³/mol. The minimum atomic E-state index is -0.727. The van der Waals surface area contributed by atoms with Gasteiger partial charge in [0.1, 0.15) is 6.10 Å². The Morgan fingerprint density at radius 1 is 1.26 bits per heavy atom. The van der Waals surface area contributed by atoms with E-state index in [1.165, 1.54) is 0 Å². The summed E-state index contributed by atoms with van der Waals surface area (Å²) < 4.78 is 5.25. The van der Waals surface area contributed by atoms with Crippen LogP contribution in [0.15, 0.2) is 30.3 Å². The van der Waals surface area contributed by atoms with E-state index in [0.717, 1.165) is 18.7 Å². The van der Waals surface area contributed by atoms with E-state index in [4.69, 9.17) is 10.5 Å². The number of ether oxygens (including phenoxy) is 1. The van der Waals surface area contributed by atoms with Gasteiger partial charge in [-0.3, -0.25) is 4.90 Å². The van der Waals surface area contributed by atoms with Crippen LogP contribution < -0.4 is 5.73 Å². The van der Waals surface area contributed by atoms with Gasteiger partial charge in [0.25, 0.3) is 0 Å². The maximum absolute atomic E-state index is 11.1. The van der Waals surface area contributed by atoms with Crippen molar-refractivity contribution in [2.75, 3.05) is 19.6 Å². The summed E-state index contributed by atoms with van der Waals surface area (Å²) in [5, 5.41) is 0. The molecule has 0 fully saturated rings. The van der Waals surface area contributed by atoms with Crippen molar-refractivity contribution in [1.82, 2.24) is 4.90 Å². The lowest BCUT2D eigenvalue weighted by atomic mass is 10.1. The molecule has 1 unspecified atom stereocenters. The SMILES string of the molecule is CCN(CC(C)C)CC(OC(N)=O)c1ccccc1. The minimum absolute atomic E-state index is 0.308. The van der Waals surface area contributed by atoms with Gasteiger partial charge in [0.2, 0.25) is 0 Å². The molecule has 106 valence electrons. The number of carbonyl (C=O) groups excluding carboxylic acids is 1. The fourth-order valence-corrected chi connectivity index (χ4v) is 2.10. The fourth-order valence-electron chi connectivity index (χ4n) is 2.10. The molecular formula is C15H24N2O2. The van der Waals surface area contributed by atoms with Crippen molar-refractivity contribution in [2.45, 2.75) is 26.9 Å². The Bertz CT molecular complexity index is 379. The summed E-state index contributed by atoms with van der Waals surface area (Å²) in [5.41, 5.74) is 6.14. The van der Waals surface area contributed by atoms with Gasteiger partial charge in [-0.05, 0) is 18.0 Å². The van der Waals surface area contributed by atoms with Crippen LogP contribution in [-0.2, 0) is 4.74 Å². The molecule has 1 rings (SSSR count). The second kappa shape index (κ2) is 7.79. The number of amides is 1. The molecule has 0 saturated carbocycles. The number of likely N-dealkylation sites (N-methyl/N-ethyl adjacent to an activating group) is 1. The first-order valence-corrected chi connectivity index (χ1v) is 6.76. The summed E-state index contributed by atoms with van der Waals surface area (Å²) in [4.78, 5) is 13.3. The smallest absolute Gasteiger partial charge is 0.405 e. The predicted octanol–water partition coefficient (Wildman–Crippen LogP) is 2.80. The zero-order valence-corrected chi connectivity index (χ0v) is 12.0. The molecule has 0 heterocycles. The van der Waals surface area contributed by atoms with E-state index in [-0.39, 0.29) is 6.10 Å². The highest BCUT2D eigenvalue weighted by Crippen LogP contribution is 2.19. The highest BCUT2D eigenvalue weighted by atomic mass is 16.6. The van der Waals surface area contributed by atoms with Gasteiger partial charge >= 0.3 is 6.09 Å². The topological polar surface area (TPSA) is 55.6 Å². The zero-order valence-electron chi connectivity index (χ0n) is 12.0. The second-order valence-electron chi connectivity index (χ2n) is 5.08. The lowest BCUT2D eigenvalue weighted by Crippen LogP contribution is -2.34. The summed E-state index contributed by atoms with van der Waals surface area (Å²) in [6.07, 6.45) is -1.04. The van der Waals surface area contributed by atoms with Crippen molar-refractivity contribution < 1.29 is 9.53 Å². The van der Waals surface area contributed by atoms with Gasteiger partial charge in [0.05, 0.1) is 0 Å². The molecule has 1 amide bonds. The lowest BCUT2D eigenvalue weighted by molar-refractivity contribution is 0.0741. The number of rotatable bonds is 7. The summed E-state index contributed by atoms with van der Waals surface area (Å²) in [7, 11) is 0. The normalized spacial score (nSPS) is 12.7. The standard InChI is InChI=1S/C15H24N2O2/c1-4-17(10-12(2)3)11-14(19-15(16)18)13-8-6-5-7-9-13/h5-9,12,14H,4,10-11H2,1-3H3,(H2,16,18). The number of nitrogens with two attached hydrogens (primary N) is 1. The monoisotopic (exact) mass is 264 g/mol. The first kappa shape index (κ1) is 15.5. The van der Waals surface area contributed by atoms with Crippen LogP contribution in [0, 0.1) is 5.92 Å². The van der Waals surface area contributed by atoms with Crippen LogP contribution in [0.3, 0.4) is 0 Å². The molecule has 1 atom stereocenters. The van der Waals surface area contributed by atoms with Crippen LogP contribution in [-0.4, -0.2) is 30.6 Å². The molecule has 1 aromatic rings. The summed E-state index contributed by atoms with van der Waals surface area (Å²) in [6.45, 7) is 9.02. The van der Waals surface area contributed by atoms with Crippen LogP contribution in [0.25, 0.3) is 0 Å². The average Bonchev–Trinajstić information content (AvgIpc) is 2.37. The summed E-state index contributed by atoms with van der Waals surface area (Å²) in [6, 6.07) is 9.72. The van der Waals surface area contributed by atoms with Crippen molar-refractivity contribution in [1.29, 1.82) is 0 Å². The molecule has 0 aromatic heterocycles. The number of hydrogen-bond donors (Lipinski definition) is 1. The second-order valence-corrected chi connectivity index (χ2v) is 5.08. The van der Waals surface area contributed by atoms with Gasteiger partial charge in [0.15, 0.2) is 0 Å². The Morgan fingerprint density at radius 3 is 2.37 bits per heavy atom. The van der Waals surface area contributed by atoms with Crippen LogP contribution in [0.2, 0.25) is 0 Å². The molecule has 4 heteroatoms. The molecular weight excluding hydrogens is 240 g/mol. The third-order valence-corrected chi connectivity index (χ3v) is 2.92. The van der Waals surface area contributed by atoms with Gasteiger partial charge in [-0.15, -0.1) is 0 Å². The quantitative estimate of drug-likeness (QED) is 0.824. The van der Waals surface area contributed by atoms with E-state index in [2.05, 4.69) is 25.7 Å². The van der Waals surface area contributed by atoms with Crippen molar-refractivity contribution in [3.05, 3.63) is 35.9 Å². The molecule has 0 bridgehead atoms. The Morgan fingerprint density at radius 2 is 1.89 bits per heavy atom. The molecule has 1 aromatic carbocycles. The molecule has 19 heavy (non-hydrogen) atoms. The fraction of sp³-hybridized carbons (Fsp3) is 0.533. The van der Waals surface area contributed by atoms with Crippen molar-refractivity contribution in [2.24, 2.45) is 11.7 Å². The van der Waals surface area contributed by atoms with Crippen molar-refractivity contribution in [3.8, 4) is 0 Å². The van der Waals surface area contributed by atoms with E-state index in [1.54, 1.807) is 0 Å². The highest BCUT2D eigenvalue weighted by Gasteiger charge is 2.18. The molecule has 0 radical (unpaired) electrons. The molecule has 0 saturated heterocycles.